The van der Waals surface area contributed by atoms with E-state index < -0.39 is 0 Å². The van der Waals surface area contributed by atoms with E-state index in [2.05, 4.69) is 51.2 Å². The Hall–Kier alpha value is -1.02. The molecule has 0 aliphatic carbocycles. The molecule has 0 heterocycles. The second-order valence-electron chi connectivity index (χ2n) is 4.58. The predicted molar refractivity (Wildman–Crippen MR) is 73.5 cm³/mol. The SMILES string of the molecule is CCCOc1ccccc1[C@H](C)N[C@H](C)CC. The fraction of sp³-hybridized carbons (Fsp3) is 0.600. The van der Waals surface area contributed by atoms with E-state index in [9.17, 15) is 0 Å². The van der Waals surface area contributed by atoms with Gasteiger partial charge >= 0.3 is 0 Å². The maximum absolute atomic E-state index is 5.78. The van der Waals surface area contributed by atoms with Crippen LogP contribution < -0.4 is 10.1 Å². The van der Waals surface area contributed by atoms with Crippen molar-refractivity contribution in [1.82, 2.24) is 5.32 Å². The molecule has 1 rings (SSSR count). The van der Waals surface area contributed by atoms with Gasteiger partial charge in [-0.15, -0.1) is 0 Å². The number of hydrogen-bond donors (Lipinski definition) is 1. The van der Waals surface area contributed by atoms with Crippen LogP contribution in [-0.2, 0) is 0 Å². The Balaban J connectivity index is 2.73. The molecule has 1 N–H and O–H groups in total. The van der Waals surface area contributed by atoms with Gasteiger partial charge < -0.3 is 10.1 Å². The Morgan fingerprint density at radius 2 is 1.88 bits per heavy atom. The van der Waals surface area contributed by atoms with Gasteiger partial charge in [-0.25, -0.2) is 0 Å². The topological polar surface area (TPSA) is 21.3 Å². The Bertz CT molecular complexity index is 324. The lowest BCUT2D eigenvalue weighted by atomic mass is 10.1. The molecule has 2 atom stereocenters. The number of hydrogen-bond acceptors (Lipinski definition) is 2. The van der Waals surface area contributed by atoms with E-state index in [1.54, 1.807) is 0 Å². The number of benzene rings is 1. The minimum Gasteiger partial charge on any atom is -0.493 e. The van der Waals surface area contributed by atoms with Crippen molar-refractivity contribution in [3.63, 3.8) is 0 Å². The number of rotatable bonds is 7. The summed E-state index contributed by atoms with van der Waals surface area (Å²) in [6, 6.07) is 9.17. The zero-order valence-electron chi connectivity index (χ0n) is 11.5. The van der Waals surface area contributed by atoms with Crippen LogP contribution in [0.5, 0.6) is 5.75 Å². The Kier molecular flexibility index (Phi) is 6.06. The standard InChI is InChI=1S/C15H25NO/c1-5-11-17-15-10-8-7-9-14(15)13(4)16-12(3)6-2/h7-10,12-13,16H,5-6,11H2,1-4H3/t12-,13+/m1/s1. The number of para-hydroxylation sites is 1. The minimum absolute atomic E-state index is 0.331. The average molecular weight is 235 g/mol. The molecule has 17 heavy (non-hydrogen) atoms. The fourth-order valence-corrected chi connectivity index (χ4v) is 1.82. The van der Waals surface area contributed by atoms with Crippen molar-refractivity contribution >= 4 is 0 Å². The van der Waals surface area contributed by atoms with Gasteiger partial charge in [0.25, 0.3) is 0 Å². The molecule has 0 fully saturated rings. The zero-order valence-corrected chi connectivity index (χ0v) is 11.5. The molecule has 1 aromatic carbocycles. The van der Waals surface area contributed by atoms with Crippen LogP contribution in [0.4, 0.5) is 0 Å². The normalized spacial score (nSPS) is 14.4. The van der Waals surface area contributed by atoms with Crippen LogP contribution in [0.15, 0.2) is 24.3 Å². The first kappa shape index (κ1) is 14.0. The highest BCUT2D eigenvalue weighted by Gasteiger charge is 2.12. The lowest BCUT2D eigenvalue weighted by molar-refractivity contribution is 0.309. The molecule has 1 aromatic rings. The summed E-state index contributed by atoms with van der Waals surface area (Å²) in [6.45, 7) is 9.52. The van der Waals surface area contributed by atoms with Crippen LogP contribution in [0.2, 0.25) is 0 Å². The van der Waals surface area contributed by atoms with Crippen molar-refractivity contribution in [3.8, 4) is 5.75 Å². The summed E-state index contributed by atoms with van der Waals surface area (Å²) in [4.78, 5) is 0. The van der Waals surface area contributed by atoms with Crippen LogP contribution in [-0.4, -0.2) is 12.6 Å². The van der Waals surface area contributed by atoms with E-state index in [1.165, 1.54) is 5.56 Å². The quantitative estimate of drug-likeness (QED) is 0.773. The van der Waals surface area contributed by atoms with E-state index in [-0.39, 0.29) is 0 Å². The van der Waals surface area contributed by atoms with Gasteiger partial charge in [-0.3, -0.25) is 0 Å². The highest BCUT2D eigenvalue weighted by molar-refractivity contribution is 5.35. The van der Waals surface area contributed by atoms with Gasteiger partial charge in [0.15, 0.2) is 0 Å². The van der Waals surface area contributed by atoms with Gasteiger partial charge in [-0.1, -0.05) is 32.0 Å². The van der Waals surface area contributed by atoms with E-state index in [1.807, 2.05) is 6.07 Å². The fourth-order valence-electron chi connectivity index (χ4n) is 1.82. The first-order valence-corrected chi connectivity index (χ1v) is 6.66. The second kappa shape index (κ2) is 7.33. The molecule has 0 amide bonds. The molecule has 96 valence electrons. The van der Waals surface area contributed by atoms with E-state index in [4.69, 9.17) is 4.74 Å². The molecule has 0 aliphatic rings. The minimum atomic E-state index is 0.331. The molecule has 0 spiro atoms. The molecule has 2 heteroatoms. The van der Waals surface area contributed by atoms with E-state index in [0.717, 1.165) is 25.2 Å². The third kappa shape index (κ3) is 4.39. The maximum atomic E-state index is 5.78. The summed E-state index contributed by atoms with van der Waals surface area (Å²) < 4.78 is 5.78. The third-order valence-corrected chi connectivity index (χ3v) is 2.99. The predicted octanol–water partition coefficient (Wildman–Crippen LogP) is 3.92. The van der Waals surface area contributed by atoms with Crippen LogP contribution in [0.3, 0.4) is 0 Å². The largest absolute Gasteiger partial charge is 0.493 e. The smallest absolute Gasteiger partial charge is 0.124 e. The van der Waals surface area contributed by atoms with Crippen molar-refractivity contribution < 1.29 is 4.74 Å². The monoisotopic (exact) mass is 235 g/mol. The van der Waals surface area contributed by atoms with Crippen LogP contribution in [0.25, 0.3) is 0 Å². The highest BCUT2D eigenvalue weighted by atomic mass is 16.5. The lowest BCUT2D eigenvalue weighted by Crippen LogP contribution is -2.28. The zero-order chi connectivity index (χ0) is 12.7. The van der Waals surface area contributed by atoms with E-state index in [0.29, 0.717) is 12.1 Å². The molecule has 0 radical (unpaired) electrons. The van der Waals surface area contributed by atoms with Gasteiger partial charge in [0.05, 0.1) is 6.61 Å². The average Bonchev–Trinajstić information content (AvgIpc) is 2.36. The molecule has 0 aliphatic heterocycles. The van der Waals surface area contributed by atoms with Crippen molar-refractivity contribution in [2.24, 2.45) is 0 Å². The lowest BCUT2D eigenvalue weighted by Gasteiger charge is -2.21. The molecule has 0 saturated heterocycles. The Morgan fingerprint density at radius 1 is 1.18 bits per heavy atom. The van der Waals surface area contributed by atoms with Gasteiger partial charge in [0, 0.05) is 17.6 Å². The summed E-state index contributed by atoms with van der Waals surface area (Å²) in [5.41, 5.74) is 1.25. The first-order chi connectivity index (χ1) is 8.19. The first-order valence-electron chi connectivity index (χ1n) is 6.66. The van der Waals surface area contributed by atoms with E-state index >= 15 is 0 Å². The van der Waals surface area contributed by atoms with Crippen LogP contribution in [0.1, 0.15) is 52.1 Å². The Labute approximate surface area is 105 Å². The molecule has 0 aromatic heterocycles. The number of ether oxygens (including phenoxy) is 1. The van der Waals surface area contributed by atoms with Gasteiger partial charge in [0.2, 0.25) is 0 Å². The van der Waals surface area contributed by atoms with Gasteiger partial charge in [-0.05, 0) is 32.8 Å². The summed E-state index contributed by atoms with van der Waals surface area (Å²) >= 11 is 0. The second-order valence-corrected chi connectivity index (χ2v) is 4.58. The Morgan fingerprint density at radius 3 is 2.53 bits per heavy atom. The van der Waals surface area contributed by atoms with Crippen molar-refractivity contribution in [3.05, 3.63) is 29.8 Å². The summed E-state index contributed by atoms with van der Waals surface area (Å²) in [5, 5.41) is 3.58. The van der Waals surface area contributed by atoms with Gasteiger partial charge in [-0.2, -0.15) is 0 Å². The highest BCUT2D eigenvalue weighted by Crippen LogP contribution is 2.25. The van der Waals surface area contributed by atoms with Crippen LogP contribution >= 0.6 is 0 Å². The third-order valence-electron chi connectivity index (χ3n) is 2.99. The summed E-state index contributed by atoms with van der Waals surface area (Å²) in [7, 11) is 0. The molecular formula is C15H25NO. The molecule has 0 bridgehead atoms. The maximum Gasteiger partial charge on any atom is 0.124 e. The van der Waals surface area contributed by atoms with Crippen molar-refractivity contribution in [1.29, 1.82) is 0 Å². The van der Waals surface area contributed by atoms with Crippen molar-refractivity contribution in [2.45, 2.75) is 52.6 Å². The summed E-state index contributed by atoms with van der Waals surface area (Å²) in [6.07, 6.45) is 2.18. The summed E-state index contributed by atoms with van der Waals surface area (Å²) in [5.74, 6) is 1.01. The number of nitrogens with one attached hydrogen (secondary N) is 1. The molecular weight excluding hydrogens is 210 g/mol. The van der Waals surface area contributed by atoms with Crippen molar-refractivity contribution in [2.75, 3.05) is 6.61 Å². The molecule has 2 nitrogen and oxygen atoms in total. The molecule has 0 saturated carbocycles. The van der Waals surface area contributed by atoms with Gasteiger partial charge in [0.1, 0.15) is 5.75 Å². The molecule has 0 unspecified atom stereocenters. The van der Waals surface area contributed by atoms with Crippen LogP contribution in [0, 0.1) is 0 Å².